The first-order valence-corrected chi connectivity index (χ1v) is 14.5. The Morgan fingerprint density at radius 2 is 1.89 bits per heavy atom. The molecule has 44 heavy (non-hydrogen) atoms. The van der Waals surface area contributed by atoms with Crippen molar-refractivity contribution in [2.24, 2.45) is 0 Å². The number of aliphatic hydroxyl groups is 2. The topological polar surface area (TPSA) is 107 Å². The van der Waals surface area contributed by atoms with Crippen LogP contribution < -0.4 is 0 Å². The maximum atomic E-state index is 14.7. The van der Waals surface area contributed by atoms with Gasteiger partial charge in [0.15, 0.2) is 17.5 Å². The summed E-state index contributed by atoms with van der Waals surface area (Å²) in [5.74, 6) is -2.63. The van der Waals surface area contributed by atoms with Crippen LogP contribution in [0.1, 0.15) is 36.3 Å². The lowest BCUT2D eigenvalue weighted by atomic mass is 9.87. The lowest BCUT2D eigenvalue weighted by Gasteiger charge is -2.43. The highest BCUT2D eigenvalue weighted by molar-refractivity contribution is 9.10. The van der Waals surface area contributed by atoms with E-state index in [2.05, 4.69) is 31.1 Å². The molecule has 0 amide bonds. The van der Waals surface area contributed by atoms with Gasteiger partial charge in [-0.1, -0.05) is 39.1 Å². The van der Waals surface area contributed by atoms with E-state index in [9.17, 15) is 32.2 Å². The van der Waals surface area contributed by atoms with Crippen LogP contribution in [-0.2, 0) is 15.7 Å². The standard InChI is InChI=1S/C27H21BrCl2F5N5O4/c1-10-37-25(40(38-10)16-6-12(29)5-14(28)17(16)27(33,34)35)23-21(41)20(22-24(44-23)26(2,42)9-43-22)39-8-11(7-36-39)13-3-4-15(30)19(32)18(13)31/h3-8,20-24,41-42H,9H2,1-2H3/t20?,21?,22-,23-,24?,26?/m1/s1. The van der Waals surface area contributed by atoms with Crippen molar-refractivity contribution in [3.8, 4) is 16.8 Å². The molecule has 6 rings (SSSR count). The van der Waals surface area contributed by atoms with Crippen molar-refractivity contribution in [3.63, 3.8) is 0 Å². The number of hydrogen-bond donors (Lipinski definition) is 2. The molecule has 6 atom stereocenters. The molecular weight excluding hydrogens is 704 g/mol. The molecule has 2 fully saturated rings. The third-order valence-corrected chi connectivity index (χ3v) is 8.70. The summed E-state index contributed by atoms with van der Waals surface area (Å²) in [4.78, 5) is 4.30. The lowest BCUT2D eigenvalue weighted by molar-refractivity contribution is -0.208. The minimum Gasteiger partial charge on any atom is -0.388 e. The second kappa shape index (κ2) is 11.0. The van der Waals surface area contributed by atoms with Gasteiger partial charge in [-0.3, -0.25) is 4.68 Å². The molecule has 234 valence electrons. The summed E-state index contributed by atoms with van der Waals surface area (Å²) < 4.78 is 85.3. The van der Waals surface area contributed by atoms with Gasteiger partial charge in [0.05, 0.1) is 29.1 Å². The molecule has 2 aliphatic rings. The van der Waals surface area contributed by atoms with Crippen molar-refractivity contribution in [1.29, 1.82) is 0 Å². The first kappa shape index (κ1) is 31.3. The molecule has 0 spiro atoms. The van der Waals surface area contributed by atoms with E-state index in [0.717, 1.165) is 16.8 Å². The minimum atomic E-state index is -4.85. The average Bonchev–Trinajstić information content (AvgIpc) is 3.63. The van der Waals surface area contributed by atoms with Crippen LogP contribution in [-0.4, -0.2) is 65.3 Å². The Morgan fingerprint density at radius 1 is 1.16 bits per heavy atom. The van der Waals surface area contributed by atoms with Crippen molar-refractivity contribution in [1.82, 2.24) is 24.5 Å². The summed E-state index contributed by atoms with van der Waals surface area (Å²) in [7, 11) is 0. The van der Waals surface area contributed by atoms with Gasteiger partial charge in [-0.15, -0.1) is 0 Å². The van der Waals surface area contributed by atoms with Gasteiger partial charge in [0.2, 0.25) is 0 Å². The minimum absolute atomic E-state index is 0.0379. The average molecular weight is 725 g/mol. The number of alkyl halides is 3. The first-order chi connectivity index (χ1) is 20.6. The summed E-state index contributed by atoms with van der Waals surface area (Å²) in [6.07, 6.45) is -7.51. The third kappa shape index (κ3) is 5.21. The number of benzene rings is 2. The van der Waals surface area contributed by atoms with Crippen molar-refractivity contribution in [2.45, 2.75) is 56.1 Å². The summed E-state index contributed by atoms with van der Waals surface area (Å²) >= 11 is 14.7. The largest absolute Gasteiger partial charge is 0.419 e. The van der Waals surface area contributed by atoms with E-state index in [4.69, 9.17) is 32.7 Å². The van der Waals surface area contributed by atoms with Crippen molar-refractivity contribution in [2.75, 3.05) is 6.61 Å². The van der Waals surface area contributed by atoms with Gasteiger partial charge < -0.3 is 19.7 Å². The number of aliphatic hydroxyl groups excluding tert-OH is 1. The zero-order valence-corrected chi connectivity index (χ0v) is 25.6. The molecule has 2 saturated heterocycles. The van der Waals surface area contributed by atoms with Gasteiger partial charge in [-0.2, -0.15) is 23.4 Å². The Morgan fingerprint density at radius 3 is 2.59 bits per heavy atom. The third-order valence-electron chi connectivity index (χ3n) is 7.56. The van der Waals surface area contributed by atoms with E-state index in [1.165, 1.54) is 43.1 Å². The van der Waals surface area contributed by atoms with Crippen molar-refractivity contribution in [3.05, 3.63) is 80.0 Å². The van der Waals surface area contributed by atoms with Crippen LogP contribution >= 0.6 is 39.1 Å². The second-order valence-corrected chi connectivity index (χ2v) is 12.4. The van der Waals surface area contributed by atoms with E-state index in [1.54, 1.807) is 0 Å². The molecule has 2 N–H and O–H groups in total. The fourth-order valence-corrected chi connectivity index (χ4v) is 6.78. The van der Waals surface area contributed by atoms with E-state index >= 15 is 0 Å². The van der Waals surface area contributed by atoms with Crippen LogP contribution in [0.3, 0.4) is 0 Å². The molecule has 2 aromatic carbocycles. The molecular formula is C27H21BrCl2F5N5O4. The number of nitrogens with zero attached hydrogens (tertiary/aromatic N) is 5. The molecule has 0 bridgehead atoms. The number of hydrogen-bond acceptors (Lipinski definition) is 7. The van der Waals surface area contributed by atoms with Gasteiger partial charge in [0.25, 0.3) is 0 Å². The molecule has 0 saturated carbocycles. The molecule has 2 aromatic heterocycles. The molecule has 17 heteroatoms. The van der Waals surface area contributed by atoms with Gasteiger partial charge in [0, 0.05) is 26.8 Å². The second-order valence-electron chi connectivity index (χ2n) is 10.7. The van der Waals surface area contributed by atoms with Gasteiger partial charge in [0.1, 0.15) is 41.9 Å². The lowest BCUT2D eigenvalue weighted by Crippen LogP contribution is -2.55. The molecule has 2 aliphatic heterocycles. The molecule has 4 heterocycles. The Labute approximate surface area is 264 Å². The molecule has 4 aromatic rings. The Bertz CT molecular complexity index is 1770. The van der Waals surface area contributed by atoms with E-state index in [-0.39, 0.29) is 38.9 Å². The summed E-state index contributed by atoms with van der Waals surface area (Å²) in [6.45, 7) is 2.67. The Hall–Kier alpha value is -2.66. The number of fused-ring (bicyclic) bond motifs is 1. The maximum Gasteiger partial charge on any atom is 0.419 e. The number of rotatable bonds is 4. The van der Waals surface area contributed by atoms with Crippen LogP contribution in [0.15, 0.2) is 41.1 Å². The first-order valence-electron chi connectivity index (χ1n) is 12.9. The Kier molecular flexibility index (Phi) is 7.83. The number of aryl methyl sites for hydroxylation is 1. The number of aromatic nitrogens is 5. The normalized spacial score (nSPS) is 27.1. The molecule has 4 unspecified atom stereocenters. The van der Waals surface area contributed by atoms with Crippen molar-refractivity contribution >= 4 is 39.1 Å². The maximum absolute atomic E-state index is 14.7. The zero-order valence-electron chi connectivity index (χ0n) is 22.5. The van der Waals surface area contributed by atoms with E-state index in [0.29, 0.717) is 0 Å². The van der Waals surface area contributed by atoms with Gasteiger partial charge in [-0.05, 0) is 38.1 Å². The quantitative estimate of drug-likeness (QED) is 0.197. The summed E-state index contributed by atoms with van der Waals surface area (Å²) in [5.41, 5.74) is -3.21. The van der Waals surface area contributed by atoms with Crippen LogP contribution in [0.4, 0.5) is 22.0 Å². The fraction of sp³-hybridized carbons (Fsp3) is 0.370. The highest BCUT2D eigenvalue weighted by atomic mass is 79.9. The van der Waals surface area contributed by atoms with Crippen LogP contribution in [0.5, 0.6) is 0 Å². The number of halogens is 8. The van der Waals surface area contributed by atoms with Gasteiger partial charge >= 0.3 is 6.18 Å². The van der Waals surface area contributed by atoms with Crippen LogP contribution in [0.2, 0.25) is 10.0 Å². The zero-order chi connectivity index (χ0) is 31.9. The molecule has 0 radical (unpaired) electrons. The predicted octanol–water partition coefficient (Wildman–Crippen LogP) is 6.00. The SMILES string of the molecule is Cc1nc([C@@H]2OC3[C@H](OCC3(C)O)C(n3cc(-c4ccc(Cl)c(F)c4F)cn3)C2O)n(-c2cc(Cl)cc(Br)c2C(F)(F)F)n1. The van der Waals surface area contributed by atoms with E-state index in [1.807, 2.05) is 0 Å². The molecule has 9 nitrogen and oxygen atoms in total. The monoisotopic (exact) mass is 723 g/mol. The van der Waals surface area contributed by atoms with Crippen molar-refractivity contribution < 1.29 is 41.6 Å². The molecule has 0 aliphatic carbocycles. The van der Waals surface area contributed by atoms with Crippen LogP contribution in [0, 0.1) is 18.6 Å². The highest BCUT2D eigenvalue weighted by Gasteiger charge is 2.59. The predicted molar refractivity (Wildman–Crippen MR) is 149 cm³/mol. The van der Waals surface area contributed by atoms with E-state index < -0.39 is 70.1 Å². The summed E-state index contributed by atoms with van der Waals surface area (Å²) in [6, 6.07) is 3.44. The van der Waals surface area contributed by atoms with Gasteiger partial charge in [-0.25, -0.2) is 18.4 Å². The highest BCUT2D eigenvalue weighted by Crippen LogP contribution is 2.47. The number of ether oxygens (including phenoxy) is 2. The Balaban J connectivity index is 1.47. The smallest absolute Gasteiger partial charge is 0.388 e. The summed E-state index contributed by atoms with van der Waals surface area (Å²) in [5, 5.41) is 30.8. The fourth-order valence-electron chi connectivity index (χ4n) is 5.61. The van der Waals surface area contributed by atoms with Crippen LogP contribution in [0.25, 0.3) is 16.8 Å².